The average molecular weight is 365 g/mol. The molecule has 0 N–H and O–H groups in total. The summed E-state index contributed by atoms with van der Waals surface area (Å²) in [5.41, 5.74) is 2.58. The lowest BCUT2D eigenvalue weighted by molar-refractivity contribution is 0.0730. The zero-order chi connectivity index (χ0) is 18.2. The lowest BCUT2D eigenvalue weighted by atomic mass is 10.1. The highest BCUT2D eigenvalue weighted by atomic mass is 32.2. The van der Waals surface area contributed by atoms with Gasteiger partial charge in [0.2, 0.25) is 9.84 Å². The standard InChI is InChI=1S/C18H17F2NO3S/c1-21(16-11-8-12-4-2-3-5-15(12)16)17(22)13-6-9-14(10-7-13)25(23,24)18(19)20/h2-7,9-10,16,18H,8,11H2,1H3. The number of sulfone groups is 1. The average Bonchev–Trinajstić information content (AvgIpc) is 3.04. The van der Waals surface area contributed by atoms with E-state index in [1.54, 1.807) is 11.9 Å². The second-order valence-corrected chi connectivity index (χ2v) is 7.92. The number of aryl methyl sites for hydroxylation is 1. The summed E-state index contributed by atoms with van der Waals surface area (Å²) in [7, 11) is -2.96. The number of alkyl halides is 2. The normalized spacial score (nSPS) is 16.7. The van der Waals surface area contributed by atoms with Crippen molar-refractivity contribution in [2.24, 2.45) is 0 Å². The van der Waals surface area contributed by atoms with E-state index in [2.05, 4.69) is 0 Å². The molecule has 0 saturated carbocycles. The SMILES string of the molecule is CN(C(=O)c1ccc(S(=O)(=O)C(F)F)cc1)C1CCc2ccccc21. The van der Waals surface area contributed by atoms with Gasteiger partial charge in [0.1, 0.15) is 0 Å². The number of benzene rings is 2. The minimum atomic E-state index is -4.65. The monoisotopic (exact) mass is 365 g/mol. The maximum Gasteiger partial charge on any atom is 0.341 e. The van der Waals surface area contributed by atoms with Crippen LogP contribution in [-0.4, -0.2) is 32.0 Å². The molecule has 0 spiro atoms. The molecule has 132 valence electrons. The molecule has 4 nitrogen and oxygen atoms in total. The molecule has 0 bridgehead atoms. The van der Waals surface area contributed by atoms with Crippen LogP contribution in [-0.2, 0) is 16.3 Å². The fourth-order valence-corrected chi connectivity index (χ4v) is 3.89. The maximum absolute atomic E-state index is 12.7. The number of hydrogen-bond acceptors (Lipinski definition) is 3. The topological polar surface area (TPSA) is 54.5 Å². The highest BCUT2D eigenvalue weighted by Crippen LogP contribution is 2.35. The van der Waals surface area contributed by atoms with E-state index in [1.165, 1.54) is 17.7 Å². The molecule has 1 aliphatic rings. The molecule has 7 heteroatoms. The Morgan fingerprint density at radius 3 is 2.40 bits per heavy atom. The van der Waals surface area contributed by atoms with Gasteiger partial charge >= 0.3 is 5.76 Å². The van der Waals surface area contributed by atoms with E-state index in [4.69, 9.17) is 0 Å². The van der Waals surface area contributed by atoms with Crippen LogP contribution in [0.4, 0.5) is 8.78 Å². The van der Waals surface area contributed by atoms with Crippen LogP contribution < -0.4 is 0 Å². The molecule has 25 heavy (non-hydrogen) atoms. The Bertz CT molecular complexity index is 895. The molecule has 0 heterocycles. The van der Waals surface area contributed by atoms with E-state index < -0.39 is 20.5 Å². The first-order chi connectivity index (χ1) is 11.8. The Kier molecular flexibility index (Phi) is 4.60. The third kappa shape index (κ3) is 3.16. The van der Waals surface area contributed by atoms with Crippen molar-refractivity contribution in [3.05, 3.63) is 65.2 Å². The van der Waals surface area contributed by atoms with Crippen molar-refractivity contribution in [3.63, 3.8) is 0 Å². The van der Waals surface area contributed by atoms with Gasteiger partial charge in [0, 0.05) is 12.6 Å². The largest absolute Gasteiger partial charge is 0.341 e. The molecule has 0 aliphatic heterocycles. The van der Waals surface area contributed by atoms with Gasteiger partial charge in [0.15, 0.2) is 0 Å². The van der Waals surface area contributed by atoms with Gasteiger partial charge in [-0.25, -0.2) is 8.42 Å². The first-order valence-electron chi connectivity index (χ1n) is 7.79. The molecule has 3 rings (SSSR count). The molecule has 1 aliphatic carbocycles. The molecule has 1 atom stereocenters. The Hall–Kier alpha value is -2.28. The summed E-state index contributed by atoms with van der Waals surface area (Å²) in [5, 5.41) is 0. The lowest BCUT2D eigenvalue weighted by Gasteiger charge is -2.25. The van der Waals surface area contributed by atoms with Gasteiger partial charge in [-0.2, -0.15) is 8.78 Å². The first kappa shape index (κ1) is 17.5. The van der Waals surface area contributed by atoms with Crippen LogP contribution in [0.1, 0.15) is 33.9 Å². The number of nitrogens with zero attached hydrogens (tertiary/aromatic N) is 1. The summed E-state index contributed by atoms with van der Waals surface area (Å²) in [6.45, 7) is 0. The molecular formula is C18H17F2NO3S. The number of hydrogen-bond donors (Lipinski definition) is 0. The molecule has 1 amide bonds. The van der Waals surface area contributed by atoms with E-state index in [1.807, 2.05) is 24.3 Å². The van der Waals surface area contributed by atoms with E-state index in [0.29, 0.717) is 0 Å². The van der Waals surface area contributed by atoms with Crippen molar-refractivity contribution in [3.8, 4) is 0 Å². The quantitative estimate of drug-likeness (QED) is 0.834. The van der Waals surface area contributed by atoms with E-state index in [-0.39, 0.29) is 17.5 Å². The summed E-state index contributed by atoms with van der Waals surface area (Å²) >= 11 is 0. The van der Waals surface area contributed by atoms with Gasteiger partial charge in [-0.1, -0.05) is 24.3 Å². The summed E-state index contributed by atoms with van der Waals surface area (Å²) in [6, 6.07) is 12.5. The highest BCUT2D eigenvalue weighted by Gasteiger charge is 2.30. The van der Waals surface area contributed by atoms with E-state index in [9.17, 15) is 22.0 Å². The predicted molar refractivity (Wildman–Crippen MR) is 89.2 cm³/mol. The van der Waals surface area contributed by atoms with Crippen molar-refractivity contribution in [2.45, 2.75) is 29.5 Å². The van der Waals surface area contributed by atoms with Gasteiger partial charge in [0.25, 0.3) is 5.91 Å². The Morgan fingerprint density at radius 1 is 1.12 bits per heavy atom. The molecule has 1 unspecified atom stereocenters. The number of amides is 1. The van der Waals surface area contributed by atoms with Gasteiger partial charge in [-0.05, 0) is 48.2 Å². The van der Waals surface area contributed by atoms with Crippen LogP contribution >= 0.6 is 0 Å². The summed E-state index contributed by atoms with van der Waals surface area (Å²) in [4.78, 5) is 13.8. The lowest BCUT2D eigenvalue weighted by Crippen LogP contribution is -2.30. The van der Waals surface area contributed by atoms with E-state index >= 15 is 0 Å². The highest BCUT2D eigenvalue weighted by molar-refractivity contribution is 7.91. The zero-order valence-electron chi connectivity index (χ0n) is 13.5. The molecule has 0 aromatic heterocycles. The second kappa shape index (κ2) is 6.55. The van der Waals surface area contributed by atoms with Crippen LogP contribution in [0.15, 0.2) is 53.4 Å². The molecule has 2 aromatic carbocycles. The Morgan fingerprint density at radius 2 is 1.76 bits per heavy atom. The van der Waals surface area contributed by atoms with Crippen molar-refractivity contribution >= 4 is 15.7 Å². The summed E-state index contributed by atoms with van der Waals surface area (Å²) in [5.74, 6) is -3.76. The number of halogens is 2. The van der Waals surface area contributed by atoms with Crippen LogP contribution in [0.3, 0.4) is 0 Å². The molecule has 2 aromatic rings. The third-order valence-electron chi connectivity index (χ3n) is 4.55. The van der Waals surface area contributed by atoms with Crippen LogP contribution in [0.25, 0.3) is 0 Å². The van der Waals surface area contributed by atoms with Gasteiger partial charge < -0.3 is 4.90 Å². The van der Waals surface area contributed by atoms with Crippen LogP contribution in [0, 0.1) is 0 Å². The van der Waals surface area contributed by atoms with Crippen LogP contribution in [0.2, 0.25) is 0 Å². The summed E-state index contributed by atoms with van der Waals surface area (Å²) < 4.78 is 48.0. The van der Waals surface area contributed by atoms with Crippen molar-refractivity contribution < 1.29 is 22.0 Å². The van der Waals surface area contributed by atoms with Gasteiger partial charge in [-0.3, -0.25) is 4.79 Å². The zero-order valence-corrected chi connectivity index (χ0v) is 14.3. The number of rotatable bonds is 4. The Labute approximate surface area is 145 Å². The predicted octanol–water partition coefficient (Wildman–Crippen LogP) is 3.44. The molecule has 0 fully saturated rings. The fraction of sp³-hybridized carbons (Fsp3) is 0.278. The van der Waals surface area contributed by atoms with E-state index in [0.717, 1.165) is 30.5 Å². The van der Waals surface area contributed by atoms with Crippen molar-refractivity contribution in [1.82, 2.24) is 4.90 Å². The van der Waals surface area contributed by atoms with Gasteiger partial charge in [0.05, 0.1) is 10.9 Å². The number of fused-ring (bicyclic) bond motifs is 1. The Balaban J connectivity index is 1.82. The smallest absolute Gasteiger partial charge is 0.335 e. The fourth-order valence-electron chi connectivity index (χ4n) is 3.17. The molecular weight excluding hydrogens is 348 g/mol. The maximum atomic E-state index is 12.7. The third-order valence-corrected chi connectivity index (χ3v) is 5.95. The molecule has 0 saturated heterocycles. The van der Waals surface area contributed by atoms with Crippen molar-refractivity contribution in [2.75, 3.05) is 7.05 Å². The summed E-state index contributed by atoms with van der Waals surface area (Å²) in [6.07, 6.45) is 1.71. The second-order valence-electron chi connectivity index (χ2n) is 6.00. The first-order valence-corrected chi connectivity index (χ1v) is 9.34. The minimum Gasteiger partial charge on any atom is -0.335 e. The van der Waals surface area contributed by atoms with Crippen LogP contribution in [0.5, 0.6) is 0 Å². The van der Waals surface area contributed by atoms with Gasteiger partial charge in [-0.15, -0.1) is 0 Å². The number of carbonyl (C=O) groups is 1. The van der Waals surface area contributed by atoms with Crippen molar-refractivity contribution in [1.29, 1.82) is 0 Å². The molecule has 0 radical (unpaired) electrons. The minimum absolute atomic E-state index is 0.0480. The number of carbonyl (C=O) groups excluding carboxylic acids is 1.